The molecule has 104 valence electrons. The third kappa shape index (κ3) is 5.44. The third-order valence-corrected chi connectivity index (χ3v) is 2.77. The van der Waals surface area contributed by atoms with E-state index in [1.807, 2.05) is 4.90 Å². The molecule has 0 aromatic carbocycles. The Kier molecular flexibility index (Phi) is 6.63. The molecule has 7 nitrogen and oxygen atoms in total. The number of carbonyl (C=O) groups excluding carboxylic acids is 1. The second kappa shape index (κ2) is 8.02. The molecular formula is C11H21N3O4. The molecule has 1 atom stereocenters. The average molecular weight is 259 g/mol. The van der Waals surface area contributed by atoms with Crippen molar-refractivity contribution in [3.63, 3.8) is 0 Å². The number of ether oxygens (including phenoxy) is 1. The van der Waals surface area contributed by atoms with E-state index in [-0.39, 0.29) is 19.1 Å². The number of nitrogens with zero attached hydrogens (tertiary/aromatic N) is 1. The molecule has 0 saturated carbocycles. The SMILES string of the molecule is COCC(NC(=O)CN1CCCNCC1)C(=O)O. The summed E-state index contributed by atoms with van der Waals surface area (Å²) < 4.78 is 4.76. The summed E-state index contributed by atoms with van der Waals surface area (Å²) in [6.45, 7) is 3.67. The summed E-state index contributed by atoms with van der Waals surface area (Å²) in [4.78, 5) is 24.6. The Balaban J connectivity index is 2.36. The molecule has 0 spiro atoms. The van der Waals surface area contributed by atoms with Crippen molar-refractivity contribution in [2.45, 2.75) is 12.5 Å². The smallest absolute Gasteiger partial charge is 0.328 e. The van der Waals surface area contributed by atoms with Gasteiger partial charge in [0.05, 0.1) is 13.2 Å². The minimum atomic E-state index is -1.08. The van der Waals surface area contributed by atoms with Crippen LogP contribution in [-0.2, 0) is 14.3 Å². The fourth-order valence-corrected chi connectivity index (χ4v) is 1.84. The molecule has 18 heavy (non-hydrogen) atoms. The summed E-state index contributed by atoms with van der Waals surface area (Å²) in [7, 11) is 1.41. The molecular weight excluding hydrogens is 238 g/mol. The minimum absolute atomic E-state index is 0.0252. The van der Waals surface area contributed by atoms with Gasteiger partial charge in [-0.15, -0.1) is 0 Å². The first-order chi connectivity index (χ1) is 8.63. The van der Waals surface area contributed by atoms with Crippen molar-refractivity contribution in [1.29, 1.82) is 0 Å². The van der Waals surface area contributed by atoms with E-state index in [0.717, 1.165) is 32.6 Å². The van der Waals surface area contributed by atoms with Gasteiger partial charge in [0.1, 0.15) is 0 Å². The zero-order valence-electron chi connectivity index (χ0n) is 10.6. The van der Waals surface area contributed by atoms with E-state index in [0.29, 0.717) is 0 Å². The van der Waals surface area contributed by atoms with Crippen LogP contribution in [0.3, 0.4) is 0 Å². The summed E-state index contributed by atoms with van der Waals surface area (Å²) in [5.74, 6) is -1.36. The van der Waals surface area contributed by atoms with Gasteiger partial charge in [-0.2, -0.15) is 0 Å². The molecule has 3 N–H and O–H groups in total. The van der Waals surface area contributed by atoms with Crippen LogP contribution in [-0.4, -0.2) is 74.4 Å². The highest BCUT2D eigenvalue weighted by Crippen LogP contribution is 1.95. The maximum absolute atomic E-state index is 11.7. The maximum atomic E-state index is 11.7. The zero-order chi connectivity index (χ0) is 13.4. The molecule has 0 bridgehead atoms. The van der Waals surface area contributed by atoms with E-state index < -0.39 is 12.0 Å². The summed E-state index contributed by atoms with van der Waals surface area (Å²) in [6.07, 6.45) is 0.994. The zero-order valence-corrected chi connectivity index (χ0v) is 10.6. The first-order valence-electron chi connectivity index (χ1n) is 6.07. The van der Waals surface area contributed by atoms with Crippen molar-refractivity contribution in [2.75, 3.05) is 46.4 Å². The number of aliphatic carboxylic acids is 1. The molecule has 0 aromatic rings. The highest BCUT2D eigenvalue weighted by Gasteiger charge is 2.21. The lowest BCUT2D eigenvalue weighted by Gasteiger charge is -2.20. The normalized spacial score (nSPS) is 18.9. The number of carboxylic acid groups (broad SMARTS) is 1. The third-order valence-electron chi connectivity index (χ3n) is 2.77. The van der Waals surface area contributed by atoms with Crippen LogP contribution in [0.25, 0.3) is 0 Å². The van der Waals surface area contributed by atoms with Gasteiger partial charge < -0.3 is 20.5 Å². The molecule has 0 radical (unpaired) electrons. The number of methoxy groups -OCH3 is 1. The van der Waals surface area contributed by atoms with Crippen molar-refractivity contribution in [1.82, 2.24) is 15.5 Å². The Morgan fingerprint density at radius 1 is 1.44 bits per heavy atom. The molecule has 1 unspecified atom stereocenters. The summed E-state index contributed by atoms with van der Waals surface area (Å²) in [5, 5.41) is 14.6. The summed E-state index contributed by atoms with van der Waals surface area (Å²) >= 11 is 0. The van der Waals surface area contributed by atoms with Gasteiger partial charge in [-0.1, -0.05) is 0 Å². The fourth-order valence-electron chi connectivity index (χ4n) is 1.84. The topological polar surface area (TPSA) is 90.9 Å². The minimum Gasteiger partial charge on any atom is -0.480 e. The van der Waals surface area contributed by atoms with Crippen molar-refractivity contribution >= 4 is 11.9 Å². The van der Waals surface area contributed by atoms with Crippen LogP contribution < -0.4 is 10.6 Å². The molecule has 1 fully saturated rings. The van der Waals surface area contributed by atoms with Gasteiger partial charge in [0.25, 0.3) is 0 Å². The second-order valence-electron chi connectivity index (χ2n) is 4.29. The van der Waals surface area contributed by atoms with Crippen molar-refractivity contribution in [3.8, 4) is 0 Å². The average Bonchev–Trinajstić information content (AvgIpc) is 2.57. The predicted octanol–water partition coefficient (Wildman–Crippen LogP) is -1.50. The summed E-state index contributed by atoms with van der Waals surface area (Å²) in [6, 6.07) is -0.979. The van der Waals surface area contributed by atoms with Gasteiger partial charge in [0.2, 0.25) is 5.91 Å². The van der Waals surface area contributed by atoms with Crippen molar-refractivity contribution in [2.24, 2.45) is 0 Å². The summed E-state index contributed by atoms with van der Waals surface area (Å²) in [5.41, 5.74) is 0. The molecule has 1 aliphatic rings. The number of hydrogen-bond acceptors (Lipinski definition) is 5. The van der Waals surface area contributed by atoms with Crippen LogP contribution in [0.15, 0.2) is 0 Å². The number of rotatable bonds is 6. The van der Waals surface area contributed by atoms with Gasteiger partial charge >= 0.3 is 5.97 Å². The van der Waals surface area contributed by atoms with Gasteiger partial charge in [0, 0.05) is 20.2 Å². The van der Waals surface area contributed by atoms with Crippen LogP contribution >= 0.6 is 0 Å². The van der Waals surface area contributed by atoms with Gasteiger partial charge in [-0.25, -0.2) is 4.79 Å². The van der Waals surface area contributed by atoms with Gasteiger partial charge in [0.15, 0.2) is 6.04 Å². The Morgan fingerprint density at radius 3 is 2.89 bits per heavy atom. The molecule has 1 rings (SSSR count). The monoisotopic (exact) mass is 259 g/mol. The molecule has 7 heteroatoms. The number of amides is 1. The number of nitrogens with one attached hydrogen (secondary N) is 2. The number of carboxylic acids is 1. The largest absolute Gasteiger partial charge is 0.480 e. The molecule has 1 saturated heterocycles. The highest BCUT2D eigenvalue weighted by atomic mass is 16.5. The number of hydrogen-bond donors (Lipinski definition) is 3. The van der Waals surface area contributed by atoms with E-state index in [4.69, 9.17) is 9.84 Å². The second-order valence-corrected chi connectivity index (χ2v) is 4.29. The quantitative estimate of drug-likeness (QED) is 0.538. The fraction of sp³-hybridized carbons (Fsp3) is 0.818. The lowest BCUT2D eigenvalue weighted by atomic mass is 10.3. The molecule has 1 amide bonds. The van der Waals surface area contributed by atoms with Crippen LogP contribution in [0.2, 0.25) is 0 Å². The van der Waals surface area contributed by atoms with E-state index in [2.05, 4.69) is 10.6 Å². The molecule has 1 aliphatic heterocycles. The van der Waals surface area contributed by atoms with Crippen LogP contribution in [0.4, 0.5) is 0 Å². The predicted molar refractivity (Wildman–Crippen MR) is 65.4 cm³/mol. The van der Waals surface area contributed by atoms with Gasteiger partial charge in [-0.3, -0.25) is 9.69 Å². The molecule has 1 heterocycles. The first kappa shape index (κ1) is 14.9. The van der Waals surface area contributed by atoms with E-state index in [1.54, 1.807) is 0 Å². The van der Waals surface area contributed by atoms with E-state index in [9.17, 15) is 9.59 Å². The lowest BCUT2D eigenvalue weighted by molar-refractivity contribution is -0.143. The van der Waals surface area contributed by atoms with E-state index >= 15 is 0 Å². The Hall–Kier alpha value is -1.18. The Labute approximate surface area is 106 Å². The Morgan fingerprint density at radius 2 is 2.22 bits per heavy atom. The molecule has 0 aliphatic carbocycles. The van der Waals surface area contributed by atoms with Crippen molar-refractivity contribution < 1.29 is 19.4 Å². The first-order valence-corrected chi connectivity index (χ1v) is 6.07. The van der Waals surface area contributed by atoms with Crippen LogP contribution in [0, 0.1) is 0 Å². The molecule has 0 aromatic heterocycles. The Bertz CT molecular complexity index is 277. The van der Waals surface area contributed by atoms with E-state index in [1.165, 1.54) is 7.11 Å². The standard InChI is InChI=1S/C11H21N3O4/c1-18-8-9(11(16)17)13-10(15)7-14-5-2-3-12-4-6-14/h9,12H,2-8H2,1H3,(H,13,15)(H,16,17). The number of carbonyl (C=O) groups is 2. The van der Waals surface area contributed by atoms with Gasteiger partial charge in [-0.05, 0) is 19.5 Å². The van der Waals surface area contributed by atoms with Crippen LogP contribution in [0.5, 0.6) is 0 Å². The van der Waals surface area contributed by atoms with Crippen LogP contribution in [0.1, 0.15) is 6.42 Å². The maximum Gasteiger partial charge on any atom is 0.328 e. The highest BCUT2D eigenvalue weighted by molar-refractivity contribution is 5.84. The lowest BCUT2D eigenvalue weighted by Crippen LogP contribution is -2.48. The van der Waals surface area contributed by atoms with Crippen molar-refractivity contribution in [3.05, 3.63) is 0 Å².